The lowest BCUT2D eigenvalue weighted by atomic mass is 10.0. The van der Waals surface area contributed by atoms with E-state index in [1.54, 1.807) is 12.1 Å². The maximum absolute atomic E-state index is 11.0. The highest BCUT2D eigenvalue weighted by atomic mass is 16.4. The lowest BCUT2D eigenvalue weighted by molar-refractivity contribution is 0.0695. The first-order valence-electron chi connectivity index (χ1n) is 6.23. The number of aromatic carboxylic acids is 1. The molecule has 3 heteroatoms. The van der Waals surface area contributed by atoms with E-state index in [2.05, 4.69) is 19.2 Å². The van der Waals surface area contributed by atoms with Gasteiger partial charge in [0.15, 0.2) is 0 Å². The van der Waals surface area contributed by atoms with Crippen molar-refractivity contribution < 1.29 is 9.90 Å². The molecule has 0 radical (unpaired) electrons. The lowest BCUT2D eigenvalue weighted by Crippen LogP contribution is -2.29. The molecule has 0 saturated heterocycles. The van der Waals surface area contributed by atoms with Crippen molar-refractivity contribution in [3.8, 4) is 0 Å². The Hall–Kier alpha value is -1.35. The third kappa shape index (κ3) is 4.19. The van der Waals surface area contributed by atoms with Crippen molar-refractivity contribution in [1.82, 2.24) is 5.32 Å². The van der Waals surface area contributed by atoms with Crippen LogP contribution >= 0.6 is 0 Å². The lowest BCUT2D eigenvalue weighted by Gasteiger charge is -2.14. The van der Waals surface area contributed by atoms with Crippen LogP contribution in [0.5, 0.6) is 0 Å². The largest absolute Gasteiger partial charge is 0.478 e. The minimum absolute atomic E-state index is 0.416. The molecule has 2 N–H and O–H groups in total. The molecule has 1 aromatic rings. The SMILES string of the molecule is CCC(CC)NCCc1ccccc1C(=O)O. The van der Waals surface area contributed by atoms with Gasteiger partial charge in [0.2, 0.25) is 0 Å². The number of carbonyl (C=O) groups is 1. The number of carboxylic acid groups (broad SMARTS) is 1. The van der Waals surface area contributed by atoms with Crippen LogP contribution in [-0.2, 0) is 6.42 Å². The molecule has 0 saturated carbocycles. The standard InChI is InChI=1S/C14H21NO2/c1-3-12(4-2)15-10-9-11-7-5-6-8-13(11)14(16)17/h5-8,12,15H,3-4,9-10H2,1-2H3,(H,16,17). The summed E-state index contributed by atoms with van der Waals surface area (Å²) in [7, 11) is 0. The molecular formula is C14H21NO2. The van der Waals surface area contributed by atoms with Gasteiger partial charge in [0.25, 0.3) is 0 Å². The first-order valence-corrected chi connectivity index (χ1v) is 6.23. The van der Waals surface area contributed by atoms with Gasteiger partial charge >= 0.3 is 5.97 Å². The molecule has 1 rings (SSSR count). The molecule has 0 amide bonds. The molecule has 0 spiro atoms. The fourth-order valence-electron chi connectivity index (χ4n) is 1.94. The van der Waals surface area contributed by atoms with E-state index in [0.717, 1.165) is 31.4 Å². The minimum Gasteiger partial charge on any atom is -0.478 e. The minimum atomic E-state index is -0.844. The second-order valence-corrected chi connectivity index (χ2v) is 4.18. The molecule has 17 heavy (non-hydrogen) atoms. The van der Waals surface area contributed by atoms with Crippen molar-refractivity contribution >= 4 is 5.97 Å². The first kappa shape index (κ1) is 13.7. The molecule has 0 unspecified atom stereocenters. The van der Waals surface area contributed by atoms with Gasteiger partial charge in [-0.05, 0) is 37.4 Å². The predicted octanol–water partition coefficient (Wildman–Crippen LogP) is 2.71. The molecule has 0 fully saturated rings. The normalized spacial score (nSPS) is 10.8. The maximum Gasteiger partial charge on any atom is 0.335 e. The summed E-state index contributed by atoms with van der Waals surface area (Å²) in [6.45, 7) is 5.15. The maximum atomic E-state index is 11.0. The van der Waals surface area contributed by atoms with E-state index in [1.807, 2.05) is 12.1 Å². The summed E-state index contributed by atoms with van der Waals surface area (Å²) < 4.78 is 0. The number of rotatable bonds is 7. The number of hydrogen-bond acceptors (Lipinski definition) is 2. The van der Waals surface area contributed by atoms with Crippen LogP contribution in [-0.4, -0.2) is 23.7 Å². The van der Waals surface area contributed by atoms with E-state index in [9.17, 15) is 4.79 Å². The van der Waals surface area contributed by atoms with Crippen molar-refractivity contribution in [3.63, 3.8) is 0 Å². The third-order valence-electron chi connectivity index (χ3n) is 3.06. The molecule has 0 bridgehead atoms. The Morgan fingerprint density at radius 2 is 1.94 bits per heavy atom. The Bertz CT molecular complexity index is 359. The highest BCUT2D eigenvalue weighted by Crippen LogP contribution is 2.09. The predicted molar refractivity (Wildman–Crippen MR) is 69.5 cm³/mol. The first-order chi connectivity index (χ1) is 8.19. The summed E-state index contributed by atoms with van der Waals surface area (Å²) in [6, 6.07) is 7.74. The number of hydrogen-bond donors (Lipinski definition) is 2. The Morgan fingerprint density at radius 1 is 1.29 bits per heavy atom. The van der Waals surface area contributed by atoms with Gasteiger partial charge in [-0.25, -0.2) is 4.79 Å². The third-order valence-corrected chi connectivity index (χ3v) is 3.06. The van der Waals surface area contributed by atoms with Crippen LogP contribution in [0.15, 0.2) is 24.3 Å². The van der Waals surface area contributed by atoms with Crippen LogP contribution in [0, 0.1) is 0 Å². The van der Waals surface area contributed by atoms with E-state index in [0.29, 0.717) is 11.6 Å². The van der Waals surface area contributed by atoms with Gasteiger partial charge < -0.3 is 10.4 Å². The Morgan fingerprint density at radius 3 is 2.53 bits per heavy atom. The number of benzene rings is 1. The van der Waals surface area contributed by atoms with Gasteiger partial charge in [-0.2, -0.15) is 0 Å². The van der Waals surface area contributed by atoms with Crippen molar-refractivity contribution in [3.05, 3.63) is 35.4 Å². The van der Waals surface area contributed by atoms with Crippen LogP contribution in [0.1, 0.15) is 42.6 Å². The average Bonchev–Trinajstić information content (AvgIpc) is 2.35. The fraction of sp³-hybridized carbons (Fsp3) is 0.500. The molecule has 0 heterocycles. The fourth-order valence-corrected chi connectivity index (χ4v) is 1.94. The zero-order chi connectivity index (χ0) is 12.7. The summed E-state index contributed by atoms with van der Waals surface area (Å²) in [5, 5.41) is 12.5. The topological polar surface area (TPSA) is 49.3 Å². The van der Waals surface area contributed by atoms with Crippen molar-refractivity contribution in [2.45, 2.75) is 39.2 Å². The van der Waals surface area contributed by atoms with Crippen molar-refractivity contribution in [2.24, 2.45) is 0 Å². The molecule has 0 atom stereocenters. The Labute approximate surface area is 103 Å². The van der Waals surface area contributed by atoms with E-state index >= 15 is 0 Å². The molecule has 0 aliphatic heterocycles. The van der Waals surface area contributed by atoms with Gasteiger partial charge in [-0.1, -0.05) is 32.0 Å². The average molecular weight is 235 g/mol. The van der Waals surface area contributed by atoms with Crippen LogP contribution in [0.4, 0.5) is 0 Å². The zero-order valence-electron chi connectivity index (χ0n) is 10.6. The van der Waals surface area contributed by atoms with Gasteiger partial charge in [-0.3, -0.25) is 0 Å². The molecule has 0 aliphatic carbocycles. The van der Waals surface area contributed by atoms with Crippen molar-refractivity contribution in [1.29, 1.82) is 0 Å². The van der Waals surface area contributed by atoms with E-state index in [-0.39, 0.29) is 0 Å². The smallest absolute Gasteiger partial charge is 0.335 e. The van der Waals surface area contributed by atoms with Gasteiger partial charge in [0, 0.05) is 6.04 Å². The zero-order valence-corrected chi connectivity index (χ0v) is 10.6. The van der Waals surface area contributed by atoms with Crippen LogP contribution in [0.3, 0.4) is 0 Å². The quantitative estimate of drug-likeness (QED) is 0.764. The van der Waals surface area contributed by atoms with E-state index in [1.165, 1.54) is 0 Å². The molecule has 94 valence electrons. The highest BCUT2D eigenvalue weighted by molar-refractivity contribution is 5.89. The van der Waals surface area contributed by atoms with Gasteiger partial charge in [-0.15, -0.1) is 0 Å². The monoisotopic (exact) mass is 235 g/mol. The molecule has 0 aliphatic rings. The summed E-state index contributed by atoms with van der Waals surface area (Å²) in [6.07, 6.45) is 2.98. The van der Waals surface area contributed by atoms with Crippen LogP contribution in [0.2, 0.25) is 0 Å². The van der Waals surface area contributed by atoms with Gasteiger partial charge in [0.1, 0.15) is 0 Å². The summed E-state index contributed by atoms with van der Waals surface area (Å²) in [5.41, 5.74) is 1.32. The molecule has 1 aromatic carbocycles. The van der Waals surface area contributed by atoms with Crippen molar-refractivity contribution in [2.75, 3.05) is 6.54 Å². The number of nitrogens with one attached hydrogen (secondary N) is 1. The van der Waals surface area contributed by atoms with Crippen LogP contribution < -0.4 is 5.32 Å². The molecule has 3 nitrogen and oxygen atoms in total. The molecule has 0 aromatic heterocycles. The number of carboxylic acids is 1. The van der Waals surface area contributed by atoms with E-state index < -0.39 is 5.97 Å². The second-order valence-electron chi connectivity index (χ2n) is 4.18. The second kappa shape index (κ2) is 7.07. The van der Waals surface area contributed by atoms with Gasteiger partial charge in [0.05, 0.1) is 5.56 Å². The van der Waals surface area contributed by atoms with E-state index in [4.69, 9.17) is 5.11 Å². The highest BCUT2D eigenvalue weighted by Gasteiger charge is 2.09. The van der Waals surface area contributed by atoms with Crippen LogP contribution in [0.25, 0.3) is 0 Å². The Kier molecular flexibility index (Phi) is 5.70. The summed E-state index contributed by atoms with van der Waals surface area (Å²) >= 11 is 0. The summed E-state index contributed by atoms with van der Waals surface area (Å²) in [5.74, 6) is -0.844. The Balaban J connectivity index is 2.54. The summed E-state index contributed by atoms with van der Waals surface area (Å²) in [4.78, 5) is 11.0. The molecular weight excluding hydrogens is 214 g/mol.